The van der Waals surface area contributed by atoms with Crippen LogP contribution in [-0.2, 0) is 16.2 Å². The van der Waals surface area contributed by atoms with E-state index in [1.54, 1.807) is 0 Å². The molecule has 0 unspecified atom stereocenters. The molecule has 0 bridgehead atoms. The van der Waals surface area contributed by atoms with Crippen molar-refractivity contribution in [1.29, 1.82) is 0 Å². The molecule has 9 heteroatoms. The number of fused-ring (bicyclic) bond motifs is 15. The first-order valence-corrected chi connectivity index (χ1v) is 50.8. The standard InChI is InChI=1S/2C50H33N3.C40H29N3/c1-5-17-34(18-6-1)47-51-48(35-19-7-2-8-20-35)53-49(52-47)37-22-15-21-36(33-37)40-28-16-29-42-41(40)31-32-45-46(42)43-27-13-14-30-44(43)50(45,38-23-9-3-10-24-38)39-25-11-4-12-26-39;1-5-16-34(17-6-1)47-51-48(35-18-7-2-8-19-35)53-49(52-47)39-21-15-20-36(33-39)37-28-30-42-38(32-37)29-31-45-46(42)43-26-13-14-27-44(43)50(45,40-22-9-3-10-23-40)41-24-11-4-12-25-41;1-40(2)33-22-10-9-20-32(33)36-34(40)24-23-26-17-12-21-31(35(26)36)29-18-11-19-30(25-29)39-42-37(27-13-5-3-6-14-27)41-38(43-39)28-15-7-4-8-16-28/h2*1-33H;3-25H,1-2H3. The van der Waals surface area contributed by atoms with Crippen LogP contribution in [0.5, 0.6) is 0 Å². The van der Waals surface area contributed by atoms with Crippen molar-refractivity contribution in [2.24, 2.45) is 0 Å². The second kappa shape index (κ2) is 38.1. The van der Waals surface area contributed by atoms with Crippen LogP contribution in [0.2, 0.25) is 0 Å². The van der Waals surface area contributed by atoms with Crippen LogP contribution in [0.1, 0.15) is 69.5 Å². The molecule has 3 aromatic heterocycles. The van der Waals surface area contributed by atoms with Gasteiger partial charge in [0.2, 0.25) is 0 Å². The summed E-state index contributed by atoms with van der Waals surface area (Å²) in [5.74, 6) is 5.89. The van der Waals surface area contributed by atoms with Gasteiger partial charge >= 0.3 is 0 Å². The Morgan fingerprint density at radius 3 is 0.805 bits per heavy atom. The van der Waals surface area contributed by atoms with E-state index >= 15 is 0 Å². The van der Waals surface area contributed by atoms with Gasteiger partial charge in [0.25, 0.3) is 0 Å². The number of rotatable bonds is 16. The summed E-state index contributed by atoms with van der Waals surface area (Å²) in [6, 6.07) is 191. The Morgan fingerprint density at radius 2 is 0.403 bits per heavy atom. The van der Waals surface area contributed by atoms with Crippen molar-refractivity contribution in [3.05, 3.63) is 596 Å². The number of nitrogens with zero attached hydrogens (tertiary/aromatic N) is 9. The molecule has 149 heavy (non-hydrogen) atoms. The van der Waals surface area contributed by atoms with Crippen LogP contribution in [0.25, 0.3) is 202 Å². The molecule has 0 fully saturated rings. The molecule has 0 saturated heterocycles. The molecular formula is C140H95N9. The number of hydrogen-bond acceptors (Lipinski definition) is 9. The van der Waals surface area contributed by atoms with E-state index in [9.17, 15) is 0 Å². The van der Waals surface area contributed by atoms with Crippen LogP contribution in [-0.4, -0.2) is 44.9 Å². The fourth-order valence-corrected chi connectivity index (χ4v) is 23.1. The Hall–Kier alpha value is -19.4. The van der Waals surface area contributed by atoms with Crippen molar-refractivity contribution >= 4 is 32.3 Å². The smallest absolute Gasteiger partial charge is 0.164 e. The molecule has 3 aliphatic carbocycles. The van der Waals surface area contributed by atoms with Gasteiger partial charge in [0.1, 0.15) is 0 Å². The van der Waals surface area contributed by atoms with Gasteiger partial charge < -0.3 is 0 Å². The monoisotopic (exact) mass is 1900 g/mol. The summed E-state index contributed by atoms with van der Waals surface area (Å²) in [7, 11) is 0. The molecule has 0 spiro atoms. The van der Waals surface area contributed by atoms with E-state index in [2.05, 4.69) is 372 Å². The molecule has 0 amide bonds. The highest BCUT2D eigenvalue weighted by Crippen LogP contribution is 2.61. The maximum Gasteiger partial charge on any atom is 0.164 e. The molecule has 0 radical (unpaired) electrons. The fourth-order valence-electron chi connectivity index (χ4n) is 23.1. The van der Waals surface area contributed by atoms with Crippen LogP contribution >= 0.6 is 0 Å². The van der Waals surface area contributed by atoms with Crippen molar-refractivity contribution < 1.29 is 0 Å². The molecule has 3 heterocycles. The molecule has 0 N–H and O–H groups in total. The summed E-state index contributed by atoms with van der Waals surface area (Å²) in [4.78, 5) is 44.6. The van der Waals surface area contributed by atoms with E-state index in [4.69, 9.17) is 44.9 Å². The van der Waals surface area contributed by atoms with Gasteiger partial charge in [0.05, 0.1) is 10.8 Å². The molecule has 0 atom stereocenters. The van der Waals surface area contributed by atoms with E-state index in [1.807, 2.05) is 182 Å². The maximum atomic E-state index is 5.02. The van der Waals surface area contributed by atoms with Crippen LogP contribution < -0.4 is 0 Å². The van der Waals surface area contributed by atoms with Gasteiger partial charge in [-0.2, -0.15) is 0 Å². The highest BCUT2D eigenvalue weighted by atomic mass is 15.1. The van der Waals surface area contributed by atoms with E-state index in [-0.39, 0.29) is 5.41 Å². The SMILES string of the molecule is CC1(C)c2ccccc2-c2c1ccc1cccc(-c3cccc(-c4nc(-c5ccccc5)nc(-c5ccccc5)n4)c3)c21.c1ccc(-c2nc(-c3ccccc3)nc(-c3cccc(-c4ccc5c6c(ccc5c4)C(c4ccccc4)(c4ccccc4)c4ccccc4-6)c3)n2)cc1.c1ccc(-c2nc(-c3ccccc3)nc(-c3cccc(-c4cccc5c6c(ccc45)C(c4ccccc4)(c4ccccc4)c4ccccc4-6)c3)n2)cc1. The quantitative estimate of drug-likeness (QED) is 0.0932. The third-order valence-electron chi connectivity index (χ3n) is 29.9. The summed E-state index contributed by atoms with van der Waals surface area (Å²) in [5.41, 5.74) is 35.5. The number of aromatic nitrogens is 9. The molecule has 0 aliphatic heterocycles. The van der Waals surface area contributed by atoms with Gasteiger partial charge in [0, 0.05) is 55.5 Å². The van der Waals surface area contributed by atoms with E-state index < -0.39 is 10.8 Å². The molecule has 9 nitrogen and oxygen atoms in total. The van der Waals surface area contributed by atoms with Crippen molar-refractivity contribution in [2.75, 3.05) is 0 Å². The van der Waals surface area contributed by atoms with Gasteiger partial charge in [-0.15, -0.1) is 0 Å². The normalized spacial score (nSPS) is 12.8. The zero-order chi connectivity index (χ0) is 99.4. The molecule has 28 rings (SSSR count). The predicted molar refractivity (Wildman–Crippen MR) is 609 cm³/mol. The fraction of sp³-hybridized carbons (Fsp3) is 0.0357. The van der Waals surface area contributed by atoms with Crippen molar-refractivity contribution in [2.45, 2.75) is 30.1 Å². The summed E-state index contributed by atoms with van der Waals surface area (Å²) in [6.45, 7) is 4.67. The highest BCUT2D eigenvalue weighted by molar-refractivity contribution is 6.12. The first-order valence-electron chi connectivity index (χ1n) is 50.8. The Balaban J connectivity index is 0.000000114. The number of hydrogen-bond donors (Lipinski definition) is 0. The van der Waals surface area contributed by atoms with Crippen LogP contribution in [0.4, 0.5) is 0 Å². The Bertz CT molecular complexity index is 9130. The van der Waals surface area contributed by atoms with Gasteiger partial charge in [-0.25, -0.2) is 44.9 Å². The highest BCUT2D eigenvalue weighted by Gasteiger charge is 2.49. The van der Waals surface area contributed by atoms with Gasteiger partial charge in [0.15, 0.2) is 52.4 Å². The van der Waals surface area contributed by atoms with Crippen molar-refractivity contribution in [1.82, 2.24) is 44.9 Å². The minimum Gasteiger partial charge on any atom is -0.208 e. The van der Waals surface area contributed by atoms with Crippen molar-refractivity contribution in [3.8, 4) is 169 Å². The van der Waals surface area contributed by atoms with Crippen LogP contribution in [0, 0.1) is 0 Å². The summed E-state index contributed by atoms with van der Waals surface area (Å²) >= 11 is 0. The molecular weight excluding hydrogens is 1810 g/mol. The summed E-state index contributed by atoms with van der Waals surface area (Å²) < 4.78 is 0. The second-order valence-electron chi connectivity index (χ2n) is 38.8. The average molecular weight is 1900 g/mol. The lowest BCUT2D eigenvalue weighted by atomic mass is 9.67. The van der Waals surface area contributed by atoms with Gasteiger partial charge in [-0.1, -0.05) is 529 Å². The third kappa shape index (κ3) is 16.0. The lowest BCUT2D eigenvalue weighted by Crippen LogP contribution is -2.28. The number of benzene rings is 22. The van der Waals surface area contributed by atoms with E-state index in [0.29, 0.717) is 52.4 Å². The molecule has 22 aromatic carbocycles. The minimum atomic E-state index is -0.440. The summed E-state index contributed by atoms with van der Waals surface area (Å²) in [5, 5.41) is 7.44. The van der Waals surface area contributed by atoms with Crippen LogP contribution in [0.15, 0.2) is 540 Å². The Labute approximate surface area is 865 Å². The third-order valence-corrected chi connectivity index (χ3v) is 29.9. The van der Waals surface area contributed by atoms with Crippen molar-refractivity contribution in [3.63, 3.8) is 0 Å². The summed E-state index contributed by atoms with van der Waals surface area (Å²) in [6.07, 6.45) is 0. The first-order chi connectivity index (χ1) is 73.6. The van der Waals surface area contributed by atoms with Crippen LogP contribution in [0.3, 0.4) is 0 Å². The zero-order valence-electron chi connectivity index (χ0n) is 81.9. The minimum absolute atomic E-state index is 0.0539. The van der Waals surface area contributed by atoms with Gasteiger partial charge in [-0.3, -0.25) is 0 Å². The predicted octanol–water partition coefficient (Wildman–Crippen LogP) is 34.1. The van der Waals surface area contributed by atoms with E-state index in [0.717, 1.165) is 72.3 Å². The Morgan fingerprint density at radius 1 is 0.141 bits per heavy atom. The van der Waals surface area contributed by atoms with Gasteiger partial charge in [-0.05, 0) is 179 Å². The lowest BCUT2D eigenvalue weighted by Gasteiger charge is -2.34. The molecule has 25 aromatic rings. The maximum absolute atomic E-state index is 5.02. The molecule has 0 saturated carbocycles. The second-order valence-corrected chi connectivity index (χ2v) is 38.8. The van der Waals surface area contributed by atoms with E-state index in [1.165, 1.54) is 132 Å². The first kappa shape index (κ1) is 89.7. The topological polar surface area (TPSA) is 116 Å². The zero-order valence-corrected chi connectivity index (χ0v) is 81.9. The Kier molecular flexibility index (Phi) is 22.9. The lowest BCUT2D eigenvalue weighted by molar-refractivity contribution is 0.661. The average Bonchev–Trinajstić information content (AvgIpc) is 1.53. The molecule has 3 aliphatic rings. The molecule has 700 valence electrons. The largest absolute Gasteiger partial charge is 0.208 e.